The van der Waals surface area contributed by atoms with Gasteiger partial charge in [-0.2, -0.15) is 0 Å². The van der Waals surface area contributed by atoms with Crippen molar-refractivity contribution >= 4 is 18.5 Å². The third kappa shape index (κ3) is 3.75. The zero-order valence-electron chi connectivity index (χ0n) is 15.7. The lowest BCUT2D eigenvalue weighted by Gasteiger charge is -2.34. The van der Waals surface area contributed by atoms with Crippen molar-refractivity contribution in [2.24, 2.45) is 0 Å². The fraction of sp³-hybridized carbons (Fsp3) is 0.292. The largest absolute Gasteiger partial charge is 0.297 e. The van der Waals surface area contributed by atoms with Gasteiger partial charge in [0.05, 0.1) is 0 Å². The average Bonchev–Trinajstić information content (AvgIpc) is 3.26. The Morgan fingerprint density at radius 3 is 1.88 bits per heavy atom. The van der Waals surface area contributed by atoms with Crippen molar-refractivity contribution in [3.8, 4) is 0 Å². The fourth-order valence-corrected chi connectivity index (χ4v) is 6.60. The van der Waals surface area contributed by atoms with E-state index in [1.165, 1.54) is 35.0 Å². The van der Waals surface area contributed by atoms with E-state index in [9.17, 15) is 0 Å². The summed E-state index contributed by atoms with van der Waals surface area (Å²) in [4.78, 5) is 2.68. The molecule has 0 N–H and O–H groups in total. The van der Waals surface area contributed by atoms with Gasteiger partial charge in [-0.1, -0.05) is 60.7 Å². The molecule has 1 saturated carbocycles. The molecule has 2 aromatic rings. The molecule has 2 fully saturated rings. The first-order chi connectivity index (χ1) is 12.7. The van der Waals surface area contributed by atoms with Crippen molar-refractivity contribution in [3.05, 3.63) is 91.5 Å². The standard InChI is InChI=1S/C24H27NP/c1-19-16-17-20(2)25(19)18-21-10-9-15-24(21)26(22-11-5-3-6-12-22)23-13-7-4-8-14-23/h3-15,19-20H,16-18H2,1-2H3/t19-,20-/m1/s1. The van der Waals surface area contributed by atoms with Gasteiger partial charge in [-0.3, -0.25) is 4.90 Å². The molecule has 5 radical (unpaired) electrons. The van der Waals surface area contributed by atoms with Crippen molar-refractivity contribution < 1.29 is 0 Å². The predicted molar refractivity (Wildman–Crippen MR) is 113 cm³/mol. The number of benzene rings is 2. The van der Waals surface area contributed by atoms with Crippen molar-refractivity contribution in [1.82, 2.24) is 4.90 Å². The third-order valence-electron chi connectivity index (χ3n) is 5.64. The van der Waals surface area contributed by atoms with Gasteiger partial charge in [0.2, 0.25) is 0 Å². The quantitative estimate of drug-likeness (QED) is 0.697. The molecule has 2 heteroatoms. The first-order valence-corrected chi connectivity index (χ1v) is 11.0. The zero-order valence-corrected chi connectivity index (χ0v) is 16.6. The van der Waals surface area contributed by atoms with E-state index < -0.39 is 7.92 Å². The summed E-state index contributed by atoms with van der Waals surface area (Å²) in [6.07, 6.45) is 9.59. The van der Waals surface area contributed by atoms with Gasteiger partial charge < -0.3 is 0 Å². The molecule has 0 bridgehead atoms. The molecule has 0 aromatic heterocycles. The van der Waals surface area contributed by atoms with Crippen molar-refractivity contribution in [3.63, 3.8) is 0 Å². The van der Waals surface area contributed by atoms with E-state index >= 15 is 0 Å². The molecular weight excluding hydrogens is 333 g/mol. The fourth-order valence-electron chi connectivity index (χ4n) is 4.14. The smallest absolute Gasteiger partial charge is 0.0208 e. The summed E-state index contributed by atoms with van der Waals surface area (Å²) < 4.78 is 0. The second-order valence-corrected chi connectivity index (χ2v) is 9.58. The van der Waals surface area contributed by atoms with E-state index in [4.69, 9.17) is 0 Å². The van der Waals surface area contributed by atoms with E-state index in [1.807, 2.05) is 0 Å². The summed E-state index contributed by atoms with van der Waals surface area (Å²) in [5.74, 6) is 1.50. The van der Waals surface area contributed by atoms with Crippen LogP contribution in [0.3, 0.4) is 0 Å². The molecule has 2 aliphatic rings. The lowest BCUT2D eigenvalue weighted by atomic mass is 10.1. The summed E-state index contributed by atoms with van der Waals surface area (Å²) >= 11 is 0. The first kappa shape index (κ1) is 18.2. The maximum atomic E-state index is 2.68. The first-order valence-electron chi connectivity index (χ1n) is 9.64. The maximum absolute atomic E-state index is 2.68. The minimum absolute atomic E-state index is 0.505. The van der Waals surface area contributed by atoms with E-state index in [0.717, 1.165) is 6.54 Å². The molecule has 133 valence electrons. The lowest BCUT2D eigenvalue weighted by molar-refractivity contribution is 0.226. The Labute approximate surface area is 160 Å². The van der Waals surface area contributed by atoms with E-state index in [-0.39, 0.29) is 0 Å². The second-order valence-electron chi connectivity index (χ2n) is 7.39. The molecule has 26 heavy (non-hydrogen) atoms. The van der Waals surface area contributed by atoms with Crippen molar-refractivity contribution in [2.75, 3.05) is 6.54 Å². The van der Waals surface area contributed by atoms with Gasteiger partial charge >= 0.3 is 0 Å². The SMILES string of the molecule is C[C@@H]1CC[C@@H](C)N1C[C]1[CH][CH][CH][C]1P(c1ccccc1)c1ccccc1. The molecule has 1 aliphatic heterocycles. The predicted octanol–water partition coefficient (Wildman–Crippen LogP) is 4.73. The van der Waals surface area contributed by atoms with Crippen LogP contribution >= 0.6 is 7.92 Å². The third-order valence-corrected chi connectivity index (χ3v) is 8.18. The van der Waals surface area contributed by atoms with Gasteiger partial charge in [-0.15, -0.1) is 0 Å². The zero-order chi connectivity index (χ0) is 17.9. The number of likely N-dealkylation sites (tertiary alicyclic amines) is 1. The highest BCUT2D eigenvalue weighted by Crippen LogP contribution is 2.56. The monoisotopic (exact) mass is 360 g/mol. The van der Waals surface area contributed by atoms with Crippen LogP contribution in [0.25, 0.3) is 0 Å². The molecule has 1 aliphatic carbocycles. The van der Waals surface area contributed by atoms with Gasteiger partial charge in [-0.05, 0) is 64.5 Å². The van der Waals surface area contributed by atoms with E-state index in [0.29, 0.717) is 12.1 Å². The molecule has 4 rings (SSSR count). The van der Waals surface area contributed by atoms with Gasteiger partial charge in [0.15, 0.2) is 0 Å². The summed E-state index contributed by atoms with van der Waals surface area (Å²) in [5.41, 5.74) is 1.52. The molecule has 0 amide bonds. The molecule has 0 spiro atoms. The van der Waals surface area contributed by atoms with E-state index in [1.54, 1.807) is 0 Å². The lowest BCUT2D eigenvalue weighted by Crippen LogP contribution is -2.37. The molecular formula is C24H27NP. The minimum Gasteiger partial charge on any atom is -0.297 e. The van der Waals surface area contributed by atoms with Crippen LogP contribution in [-0.2, 0) is 0 Å². The Balaban J connectivity index is 1.62. The number of nitrogens with zero attached hydrogens (tertiary/aromatic N) is 1. The maximum Gasteiger partial charge on any atom is 0.0208 e. The Morgan fingerprint density at radius 1 is 0.808 bits per heavy atom. The highest BCUT2D eigenvalue weighted by atomic mass is 31.1. The van der Waals surface area contributed by atoms with Crippen LogP contribution in [0.4, 0.5) is 0 Å². The summed E-state index contributed by atoms with van der Waals surface area (Å²) in [6, 6.07) is 23.4. The Morgan fingerprint density at radius 2 is 1.35 bits per heavy atom. The average molecular weight is 360 g/mol. The van der Waals surface area contributed by atoms with Crippen LogP contribution in [0.5, 0.6) is 0 Å². The van der Waals surface area contributed by atoms with Gasteiger partial charge in [0, 0.05) is 30.2 Å². The second kappa shape index (κ2) is 8.24. The highest BCUT2D eigenvalue weighted by molar-refractivity contribution is 7.76. The van der Waals surface area contributed by atoms with Gasteiger partial charge in [-0.25, -0.2) is 0 Å². The summed E-state index contributed by atoms with van der Waals surface area (Å²) in [5, 5.41) is 2.87. The molecule has 1 saturated heterocycles. The Kier molecular flexibility index (Phi) is 5.77. The summed E-state index contributed by atoms with van der Waals surface area (Å²) in [7, 11) is -0.505. The molecule has 2 atom stereocenters. The number of hydrogen-bond donors (Lipinski definition) is 0. The van der Waals surface area contributed by atoms with Crippen LogP contribution in [0, 0.1) is 30.8 Å². The normalized spacial score (nSPS) is 25.3. The Hall–Kier alpha value is -1.17. The summed E-state index contributed by atoms with van der Waals surface area (Å²) in [6.45, 7) is 5.83. The van der Waals surface area contributed by atoms with Crippen LogP contribution in [0.2, 0.25) is 0 Å². The van der Waals surface area contributed by atoms with E-state index in [2.05, 4.69) is 98.7 Å². The van der Waals surface area contributed by atoms with Crippen LogP contribution in [0.15, 0.2) is 60.7 Å². The topological polar surface area (TPSA) is 3.24 Å². The highest BCUT2D eigenvalue weighted by Gasteiger charge is 2.40. The van der Waals surface area contributed by atoms with Crippen LogP contribution in [-0.4, -0.2) is 23.5 Å². The molecule has 2 aromatic carbocycles. The van der Waals surface area contributed by atoms with Crippen molar-refractivity contribution in [1.29, 1.82) is 0 Å². The van der Waals surface area contributed by atoms with Gasteiger partial charge in [0.1, 0.15) is 0 Å². The number of rotatable bonds is 5. The molecule has 0 unspecified atom stereocenters. The Bertz CT molecular complexity index is 636. The number of hydrogen-bond acceptors (Lipinski definition) is 1. The van der Waals surface area contributed by atoms with Gasteiger partial charge in [0.25, 0.3) is 0 Å². The minimum atomic E-state index is -0.505. The van der Waals surface area contributed by atoms with Crippen LogP contribution < -0.4 is 10.6 Å². The van der Waals surface area contributed by atoms with Crippen molar-refractivity contribution in [2.45, 2.75) is 38.8 Å². The molecule has 1 heterocycles. The molecule has 1 nitrogen and oxygen atoms in total. The van der Waals surface area contributed by atoms with Crippen LogP contribution in [0.1, 0.15) is 26.7 Å².